The Kier molecular flexibility index (Phi) is 4.21. The average molecular weight is 254 g/mol. The van der Waals surface area contributed by atoms with Crippen molar-refractivity contribution in [3.63, 3.8) is 0 Å². The number of amides is 4. The van der Waals surface area contributed by atoms with Gasteiger partial charge >= 0.3 is 0 Å². The minimum Gasteiger partial charge on any atom is -0.286 e. The summed E-state index contributed by atoms with van der Waals surface area (Å²) in [4.78, 5) is 45.4. The van der Waals surface area contributed by atoms with Crippen molar-refractivity contribution in [2.24, 2.45) is 11.8 Å². The number of rotatable bonds is 0. The van der Waals surface area contributed by atoms with Gasteiger partial charge in [0.1, 0.15) is 0 Å². The summed E-state index contributed by atoms with van der Waals surface area (Å²) in [5.74, 6) is -0.426. The Morgan fingerprint density at radius 1 is 0.778 bits per heavy atom. The van der Waals surface area contributed by atoms with E-state index in [2.05, 4.69) is 0 Å². The van der Waals surface area contributed by atoms with Crippen molar-refractivity contribution < 1.29 is 19.2 Å². The predicted molar refractivity (Wildman–Crippen MR) is 63.1 cm³/mol. The molecule has 2 fully saturated rings. The van der Waals surface area contributed by atoms with Crippen molar-refractivity contribution >= 4 is 23.6 Å². The molecule has 2 unspecified atom stereocenters. The van der Waals surface area contributed by atoms with Crippen molar-refractivity contribution in [3.05, 3.63) is 0 Å². The molecule has 100 valence electrons. The standard InChI is InChI=1S/2C6H9NO2/c2*1-4-3-5(8)7(2)6(4)9/h2*4H,3H2,1-2H3. The number of carbonyl (C=O) groups is 4. The van der Waals surface area contributed by atoms with Gasteiger partial charge in [-0.05, 0) is 0 Å². The van der Waals surface area contributed by atoms with Gasteiger partial charge in [0, 0.05) is 38.8 Å². The molecular weight excluding hydrogens is 236 g/mol. The number of hydrogen-bond acceptors (Lipinski definition) is 4. The maximum Gasteiger partial charge on any atom is 0.232 e. The highest BCUT2D eigenvalue weighted by atomic mass is 16.2. The van der Waals surface area contributed by atoms with Gasteiger partial charge in [0.15, 0.2) is 0 Å². The van der Waals surface area contributed by atoms with Crippen LogP contribution in [0.4, 0.5) is 0 Å². The van der Waals surface area contributed by atoms with E-state index in [9.17, 15) is 19.2 Å². The van der Waals surface area contributed by atoms with E-state index in [1.54, 1.807) is 13.8 Å². The fraction of sp³-hybridized carbons (Fsp3) is 0.667. The lowest BCUT2D eigenvalue weighted by molar-refractivity contribution is -0.139. The van der Waals surface area contributed by atoms with Crippen molar-refractivity contribution in [2.75, 3.05) is 14.1 Å². The minimum absolute atomic E-state index is 0.0556. The van der Waals surface area contributed by atoms with Gasteiger partial charge in [0.25, 0.3) is 0 Å². The Balaban J connectivity index is 0.000000180. The van der Waals surface area contributed by atoms with Crippen LogP contribution in [-0.2, 0) is 19.2 Å². The molecule has 2 aliphatic heterocycles. The van der Waals surface area contributed by atoms with E-state index in [0.29, 0.717) is 12.8 Å². The lowest BCUT2D eigenvalue weighted by Gasteiger charge is -2.03. The topological polar surface area (TPSA) is 74.8 Å². The molecule has 6 heteroatoms. The van der Waals surface area contributed by atoms with Gasteiger partial charge in [-0.25, -0.2) is 0 Å². The zero-order valence-corrected chi connectivity index (χ0v) is 11.1. The van der Waals surface area contributed by atoms with Crippen LogP contribution in [0.2, 0.25) is 0 Å². The maximum absolute atomic E-state index is 10.8. The first-order chi connectivity index (χ1) is 8.25. The highest BCUT2D eigenvalue weighted by Crippen LogP contribution is 2.16. The van der Waals surface area contributed by atoms with Crippen LogP contribution in [0, 0.1) is 11.8 Å². The van der Waals surface area contributed by atoms with E-state index in [4.69, 9.17) is 0 Å². The summed E-state index contributed by atoms with van der Waals surface area (Å²) in [6.45, 7) is 3.54. The number of carbonyl (C=O) groups excluding carboxylic acids is 4. The van der Waals surface area contributed by atoms with Crippen LogP contribution in [0.3, 0.4) is 0 Å². The summed E-state index contributed by atoms with van der Waals surface area (Å²) in [6, 6.07) is 0. The van der Waals surface area contributed by atoms with E-state index in [0.717, 1.165) is 0 Å². The van der Waals surface area contributed by atoms with Crippen LogP contribution in [0.15, 0.2) is 0 Å². The molecule has 0 spiro atoms. The first-order valence-corrected chi connectivity index (χ1v) is 5.86. The number of nitrogens with zero attached hydrogens (tertiary/aromatic N) is 2. The van der Waals surface area contributed by atoms with Crippen molar-refractivity contribution in [1.82, 2.24) is 9.80 Å². The molecule has 0 aromatic rings. The summed E-state index contributed by atoms with van der Waals surface area (Å²) in [6.07, 6.45) is 0.769. The smallest absolute Gasteiger partial charge is 0.232 e. The monoisotopic (exact) mass is 254 g/mol. The third-order valence-electron chi connectivity index (χ3n) is 3.21. The van der Waals surface area contributed by atoms with Crippen LogP contribution in [0.1, 0.15) is 26.7 Å². The molecule has 0 aromatic heterocycles. The van der Waals surface area contributed by atoms with Gasteiger partial charge in [0.05, 0.1) is 0 Å². The van der Waals surface area contributed by atoms with E-state index in [1.807, 2.05) is 0 Å². The van der Waals surface area contributed by atoms with Crippen LogP contribution in [-0.4, -0.2) is 47.5 Å². The summed E-state index contributed by atoms with van der Waals surface area (Å²) in [5, 5.41) is 0. The van der Waals surface area contributed by atoms with E-state index >= 15 is 0 Å². The first-order valence-electron chi connectivity index (χ1n) is 5.86. The lowest BCUT2D eigenvalue weighted by atomic mass is 10.1. The fourth-order valence-corrected chi connectivity index (χ4v) is 1.88. The maximum atomic E-state index is 10.8. The van der Waals surface area contributed by atoms with Crippen LogP contribution >= 0.6 is 0 Å². The molecule has 4 amide bonds. The van der Waals surface area contributed by atoms with Gasteiger partial charge in [-0.2, -0.15) is 0 Å². The second-order valence-electron chi connectivity index (χ2n) is 4.79. The molecule has 2 heterocycles. The molecule has 0 aromatic carbocycles. The van der Waals surface area contributed by atoms with Crippen molar-refractivity contribution in [2.45, 2.75) is 26.7 Å². The third-order valence-corrected chi connectivity index (χ3v) is 3.21. The van der Waals surface area contributed by atoms with Crippen LogP contribution in [0.5, 0.6) is 0 Å². The molecular formula is C12H18N2O4. The molecule has 2 saturated heterocycles. The Hall–Kier alpha value is -1.72. The molecule has 6 nitrogen and oxygen atoms in total. The quantitative estimate of drug-likeness (QED) is 0.571. The van der Waals surface area contributed by atoms with Crippen LogP contribution in [0.25, 0.3) is 0 Å². The molecule has 0 bridgehead atoms. The fourth-order valence-electron chi connectivity index (χ4n) is 1.88. The Bertz CT molecular complexity index is 367. The van der Waals surface area contributed by atoms with Gasteiger partial charge in [0.2, 0.25) is 23.6 Å². The Morgan fingerprint density at radius 3 is 1.11 bits per heavy atom. The van der Waals surface area contributed by atoms with Crippen LogP contribution < -0.4 is 0 Å². The molecule has 0 aliphatic carbocycles. The van der Waals surface area contributed by atoms with E-state index < -0.39 is 0 Å². The van der Waals surface area contributed by atoms with Gasteiger partial charge in [-0.15, -0.1) is 0 Å². The number of likely N-dealkylation sites (tertiary alicyclic amines) is 2. The van der Waals surface area contributed by atoms with E-state index in [-0.39, 0.29) is 35.5 Å². The molecule has 2 rings (SSSR count). The summed E-state index contributed by atoms with van der Waals surface area (Å²) in [7, 11) is 3.04. The molecule has 0 N–H and O–H groups in total. The molecule has 0 saturated carbocycles. The van der Waals surface area contributed by atoms with E-state index in [1.165, 1.54) is 23.9 Å². The van der Waals surface area contributed by atoms with Gasteiger partial charge in [-0.3, -0.25) is 29.0 Å². The number of imide groups is 2. The lowest BCUT2D eigenvalue weighted by Crippen LogP contribution is -2.24. The molecule has 18 heavy (non-hydrogen) atoms. The predicted octanol–water partition coefficient (Wildman–Crippen LogP) is 0.0224. The Morgan fingerprint density at radius 2 is 1.06 bits per heavy atom. The van der Waals surface area contributed by atoms with Crippen molar-refractivity contribution in [1.29, 1.82) is 0 Å². The SMILES string of the molecule is CC1CC(=O)N(C)C1=O.CC1CC(=O)N(C)C1=O. The second-order valence-corrected chi connectivity index (χ2v) is 4.79. The summed E-state index contributed by atoms with van der Waals surface area (Å²) in [5.41, 5.74) is 0. The van der Waals surface area contributed by atoms with Gasteiger partial charge in [-0.1, -0.05) is 13.8 Å². The Labute approximate surface area is 106 Å². The second kappa shape index (κ2) is 5.29. The third kappa shape index (κ3) is 2.75. The van der Waals surface area contributed by atoms with Gasteiger partial charge < -0.3 is 0 Å². The average Bonchev–Trinajstić information content (AvgIpc) is 2.66. The number of hydrogen-bond donors (Lipinski definition) is 0. The van der Waals surface area contributed by atoms with Crippen molar-refractivity contribution in [3.8, 4) is 0 Å². The normalized spacial score (nSPS) is 27.8. The molecule has 2 atom stereocenters. The summed E-state index contributed by atoms with van der Waals surface area (Å²) < 4.78 is 0. The highest BCUT2D eigenvalue weighted by molar-refractivity contribution is 6.03. The first kappa shape index (κ1) is 14.3. The highest BCUT2D eigenvalue weighted by Gasteiger charge is 2.32. The summed E-state index contributed by atoms with van der Waals surface area (Å²) >= 11 is 0. The molecule has 2 aliphatic rings. The largest absolute Gasteiger partial charge is 0.286 e. The molecule has 0 radical (unpaired) electrons. The zero-order chi connectivity index (χ0) is 14.0. The minimum atomic E-state index is -0.0949. The zero-order valence-electron chi connectivity index (χ0n) is 11.1.